The summed E-state index contributed by atoms with van der Waals surface area (Å²) >= 11 is 0. The standard InChI is InChI=1S/C16H16F3N3O2S/c1-9-3-2-4-11-10(9)5-6-12(11)21-15-13(25(20,23)24)7-8-14(22-15)16(17,18)19/h2-4,7-8,12H,5-6H2,1H3,(H,21,22)(H2,20,23,24). The average molecular weight is 371 g/mol. The topological polar surface area (TPSA) is 85.1 Å². The molecule has 0 bridgehead atoms. The van der Waals surface area contributed by atoms with Crippen LogP contribution in [-0.4, -0.2) is 13.4 Å². The number of sulfonamides is 1. The van der Waals surface area contributed by atoms with Gasteiger partial charge in [0.25, 0.3) is 0 Å². The molecule has 0 saturated heterocycles. The molecule has 1 unspecified atom stereocenters. The number of aryl methyl sites for hydroxylation is 1. The van der Waals surface area contributed by atoms with Gasteiger partial charge in [0, 0.05) is 0 Å². The number of nitrogens with two attached hydrogens (primary N) is 1. The number of rotatable bonds is 3. The van der Waals surface area contributed by atoms with Crippen LogP contribution < -0.4 is 10.5 Å². The third kappa shape index (κ3) is 3.47. The highest BCUT2D eigenvalue weighted by Gasteiger charge is 2.34. The average Bonchev–Trinajstić information content (AvgIpc) is 2.90. The number of fused-ring (bicyclic) bond motifs is 1. The van der Waals surface area contributed by atoms with Gasteiger partial charge in [0.1, 0.15) is 16.4 Å². The van der Waals surface area contributed by atoms with Crippen LogP contribution in [0.15, 0.2) is 35.2 Å². The maximum absolute atomic E-state index is 12.9. The molecule has 1 aliphatic carbocycles. The first-order valence-corrected chi connectivity index (χ1v) is 9.08. The van der Waals surface area contributed by atoms with Gasteiger partial charge in [0.15, 0.2) is 0 Å². The van der Waals surface area contributed by atoms with Crippen LogP contribution in [0.3, 0.4) is 0 Å². The van der Waals surface area contributed by atoms with Gasteiger partial charge in [0.2, 0.25) is 10.0 Å². The molecule has 0 spiro atoms. The van der Waals surface area contributed by atoms with Gasteiger partial charge in [0.05, 0.1) is 6.04 Å². The Balaban J connectivity index is 2.04. The number of aromatic nitrogens is 1. The fraction of sp³-hybridized carbons (Fsp3) is 0.312. The Morgan fingerprint density at radius 1 is 1.24 bits per heavy atom. The quantitative estimate of drug-likeness (QED) is 0.868. The van der Waals surface area contributed by atoms with Crippen molar-refractivity contribution < 1.29 is 21.6 Å². The second-order valence-corrected chi connectivity index (χ2v) is 7.49. The summed E-state index contributed by atoms with van der Waals surface area (Å²) in [5, 5.41) is 7.96. The van der Waals surface area contributed by atoms with E-state index in [0.717, 1.165) is 29.2 Å². The van der Waals surface area contributed by atoms with Crippen LogP contribution in [0.1, 0.15) is 34.8 Å². The van der Waals surface area contributed by atoms with Crippen LogP contribution in [0, 0.1) is 6.92 Å². The molecule has 1 aromatic heterocycles. The maximum atomic E-state index is 12.9. The van der Waals surface area contributed by atoms with Crippen LogP contribution in [0.4, 0.5) is 19.0 Å². The lowest BCUT2D eigenvalue weighted by molar-refractivity contribution is -0.141. The Morgan fingerprint density at radius 2 is 1.96 bits per heavy atom. The lowest BCUT2D eigenvalue weighted by atomic mass is 10.0. The number of primary sulfonamides is 1. The summed E-state index contributed by atoms with van der Waals surface area (Å²) in [4.78, 5) is 3.02. The summed E-state index contributed by atoms with van der Waals surface area (Å²) < 4.78 is 62.2. The second-order valence-electron chi connectivity index (χ2n) is 5.96. The molecule has 2 aromatic rings. The van der Waals surface area contributed by atoms with Gasteiger partial charge in [-0.15, -0.1) is 0 Å². The Bertz CT molecular complexity index is 927. The zero-order chi connectivity index (χ0) is 18.4. The molecule has 0 fully saturated rings. The molecule has 1 atom stereocenters. The molecule has 0 amide bonds. The van der Waals surface area contributed by atoms with E-state index in [1.54, 1.807) is 0 Å². The summed E-state index contributed by atoms with van der Waals surface area (Å²) in [6.45, 7) is 1.96. The summed E-state index contributed by atoms with van der Waals surface area (Å²) in [7, 11) is -4.22. The third-order valence-electron chi connectivity index (χ3n) is 4.27. The van der Waals surface area contributed by atoms with Crippen molar-refractivity contribution in [3.05, 3.63) is 52.7 Å². The number of nitrogens with one attached hydrogen (secondary N) is 1. The molecule has 9 heteroatoms. The molecule has 1 aliphatic rings. The van der Waals surface area contributed by atoms with E-state index in [4.69, 9.17) is 5.14 Å². The highest BCUT2D eigenvalue weighted by atomic mass is 32.2. The zero-order valence-corrected chi connectivity index (χ0v) is 14.1. The number of anilines is 1. The van der Waals surface area contributed by atoms with E-state index in [1.165, 1.54) is 0 Å². The van der Waals surface area contributed by atoms with Crippen molar-refractivity contribution in [1.29, 1.82) is 0 Å². The Labute approximate surface area is 143 Å². The molecule has 3 N–H and O–H groups in total. The summed E-state index contributed by atoms with van der Waals surface area (Å²) in [6, 6.07) is 6.80. The molecule has 5 nitrogen and oxygen atoms in total. The van der Waals surface area contributed by atoms with Crippen LogP contribution in [0.2, 0.25) is 0 Å². The number of pyridine rings is 1. The first-order valence-electron chi connectivity index (χ1n) is 7.53. The molecule has 25 heavy (non-hydrogen) atoms. The van der Waals surface area contributed by atoms with Crippen LogP contribution in [0.25, 0.3) is 0 Å². The fourth-order valence-electron chi connectivity index (χ4n) is 3.09. The van der Waals surface area contributed by atoms with E-state index < -0.39 is 26.8 Å². The van der Waals surface area contributed by atoms with Crippen molar-refractivity contribution in [1.82, 2.24) is 4.98 Å². The van der Waals surface area contributed by atoms with Gasteiger partial charge in [-0.1, -0.05) is 18.2 Å². The third-order valence-corrected chi connectivity index (χ3v) is 5.21. The number of halogens is 3. The maximum Gasteiger partial charge on any atom is 0.433 e. The lowest BCUT2D eigenvalue weighted by Crippen LogP contribution is -2.20. The zero-order valence-electron chi connectivity index (χ0n) is 13.3. The molecule has 1 aromatic carbocycles. The summed E-state index contributed by atoms with van der Waals surface area (Å²) in [5.41, 5.74) is 1.96. The number of hydrogen-bond acceptors (Lipinski definition) is 4. The van der Waals surface area contributed by atoms with Crippen molar-refractivity contribution in [2.45, 2.75) is 36.9 Å². The molecule has 0 saturated carbocycles. The molecule has 3 rings (SSSR count). The molecule has 1 heterocycles. The number of hydrogen-bond donors (Lipinski definition) is 2. The number of alkyl halides is 3. The number of benzene rings is 1. The minimum atomic E-state index is -4.68. The predicted octanol–water partition coefficient (Wildman–Crippen LogP) is 3.16. The highest BCUT2D eigenvalue weighted by Crippen LogP contribution is 2.37. The van der Waals surface area contributed by atoms with Gasteiger partial charge >= 0.3 is 6.18 Å². The first kappa shape index (κ1) is 17.7. The van der Waals surface area contributed by atoms with Gasteiger partial charge in [-0.3, -0.25) is 0 Å². The molecule has 0 radical (unpaired) electrons. The normalized spacial score (nSPS) is 17.4. The number of nitrogens with zero attached hydrogens (tertiary/aromatic N) is 1. The Morgan fingerprint density at radius 3 is 2.60 bits per heavy atom. The monoisotopic (exact) mass is 371 g/mol. The highest BCUT2D eigenvalue weighted by molar-refractivity contribution is 7.89. The van der Waals surface area contributed by atoms with E-state index >= 15 is 0 Å². The minimum Gasteiger partial charge on any atom is -0.362 e. The SMILES string of the molecule is Cc1cccc2c1CCC2Nc1nc(C(F)(F)F)ccc1S(N)(=O)=O. The Hall–Kier alpha value is -2.13. The Kier molecular flexibility index (Phi) is 4.24. The van der Waals surface area contributed by atoms with Crippen molar-refractivity contribution in [3.63, 3.8) is 0 Å². The fourth-order valence-corrected chi connectivity index (χ4v) is 3.72. The van der Waals surface area contributed by atoms with Crippen molar-refractivity contribution >= 4 is 15.8 Å². The summed E-state index contributed by atoms with van der Waals surface area (Å²) in [5.74, 6) is -0.378. The first-order chi connectivity index (χ1) is 11.6. The van der Waals surface area contributed by atoms with Crippen LogP contribution in [0.5, 0.6) is 0 Å². The van der Waals surface area contributed by atoms with E-state index in [1.807, 2.05) is 25.1 Å². The van der Waals surface area contributed by atoms with Gasteiger partial charge in [-0.2, -0.15) is 13.2 Å². The van der Waals surface area contributed by atoms with Gasteiger partial charge in [-0.25, -0.2) is 18.5 Å². The van der Waals surface area contributed by atoms with Crippen molar-refractivity contribution in [3.8, 4) is 0 Å². The summed E-state index contributed by atoms with van der Waals surface area (Å²) in [6.07, 6.45) is -3.30. The minimum absolute atomic E-state index is 0.327. The largest absolute Gasteiger partial charge is 0.433 e. The lowest BCUT2D eigenvalue weighted by Gasteiger charge is -2.18. The van der Waals surface area contributed by atoms with Crippen molar-refractivity contribution in [2.24, 2.45) is 5.14 Å². The van der Waals surface area contributed by atoms with Gasteiger partial charge < -0.3 is 5.32 Å². The van der Waals surface area contributed by atoms with Crippen LogP contribution >= 0.6 is 0 Å². The predicted molar refractivity (Wildman–Crippen MR) is 86.5 cm³/mol. The molecular formula is C16H16F3N3O2S. The van der Waals surface area contributed by atoms with Gasteiger partial charge in [-0.05, 0) is 48.6 Å². The van der Waals surface area contributed by atoms with E-state index in [2.05, 4.69) is 10.3 Å². The smallest absolute Gasteiger partial charge is 0.362 e. The van der Waals surface area contributed by atoms with E-state index in [-0.39, 0.29) is 11.9 Å². The second kappa shape index (κ2) is 5.99. The molecule has 134 valence electrons. The van der Waals surface area contributed by atoms with E-state index in [9.17, 15) is 21.6 Å². The molecular weight excluding hydrogens is 355 g/mol. The molecule has 0 aliphatic heterocycles. The van der Waals surface area contributed by atoms with Crippen molar-refractivity contribution in [2.75, 3.05) is 5.32 Å². The van der Waals surface area contributed by atoms with E-state index in [0.29, 0.717) is 12.5 Å². The van der Waals surface area contributed by atoms with Crippen LogP contribution in [-0.2, 0) is 22.6 Å².